The van der Waals surface area contributed by atoms with Gasteiger partial charge in [-0.15, -0.1) is 0 Å². The van der Waals surface area contributed by atoms with Crippen molar-refractivity contribution in [2.24, 2.45) is 0 Å². The van der Waals surface area contributed by atoms with Crippen LogP contribution in [-0.2, 0) is 4.74 Å². The van der Waals surface area contributed by atoms with Crippen molar-refractivity contribution in [2.75, 3.05) is 26.4 Å². The quantitative estimate of drug-likeness (QED) is 0.725. The Hall–Kier alpha value is -2.18. The van der Waals surface area contributed by atoms with E-state index in [9.17, 15) is 4.79 Å². The summed E-state index contributed by atoms with van der Waals surface area (Å²) < 4.78 is 6.94. The van der Waals surface area contributed by atoms with Gasteiger partial charge in [-0.05, 0) is 56.5 Å². The average molecular weight is 331 g/mol. The van der Waals surface area contributed by atoms with E-state index in [1.54, 1.807) is 10.7 Å². The van der Waals surface area contributed by atoms with Gasteiger partial charge in [-0.1, -0.05) is 6.07 Å². The third-order valence-electron chi connectivity index (χ3n) is 3.56. The van der Waals surface area contributed by atoms with Crippen LogP contribution in [0.25, 0.3) is 5.69 Å². The number of hydrogen-bond acceptors (Lipinski definition) is 4. The maximum Gasteiger partial charge on any atom is 0.271 e. The van der Waals surface area contributed by atoms with E-state index < -0.39 is 0 Å². The molecule has 0 saturated carbocycles. The molecule has 0 atom stereocenters. The third kappa shape index (κ3) is 4.91. The van der Waals surface area contributed by atoms with Crippen LogP contribution < -0.4 is 5.32 Å². The summed E-state index contributed by atoms with van der Waals surface area (Å²) in [5, 5.41) is 15.9. The molecule has 2 rings (SSSR count). The van der Waals surface area contributed by atoms with Gasteiger partial charge < -0.3 is 15.2 Å². The number of carbonyl (C=O) groups excluding carboxylic acids is 1. The van der Waals surface area contributed by atoms with E-state index in [2.05, 4.69) is 16.5 Å². The summed E-state index contributed by atoms with van der Waals surface area (Å²) >= 11 is 0. The number of rotatable bonds is 8. The van der Waals surface area contributed by atoms with Gasteiger partial charge in [0.05, 0.1) is 18.9 Å². The molecule has 24 heavy (non-hydrogen) atoms. The number of amides is 1. The Bertz CT molecular complexity index is 675. The minimum atomic E-state index is -0.191. The number of ether oxygens (including phenoxy) is 1. The normalized spacial score (nSPS) is 10.8. The highest BCUT2D eigenvalue weighted by Gasteiger charge is 2.13. The second kappa shape index (κ2) is 8.61. The zero-order valence-corrected chi connectivity index (χ0v) is 14.5. The van der Waals surface area contributed by atoms with Crippen molar-refractivity contribution in [2.45, 2.75) is 27.2 Å². The van der Waals surface area contributed by atoms with Crippen molar-refractivity contribution in [1.29, 1.82) is 0 Å². The molecule has 0 spiro atoms. The standard InChI is InChI=1S/C18H25N3O3/c1-13-9-14(2)11-16(10-13)21-15(3)12-17(20-21)18(23)19-5-4-7-24-8-6-22/h9-12,22H,4-8H2,1-3H3,(H,19,23). The Balaban J connectivity index is 1.99. The minimum absolute atomic E-state index is 0.0154. The molecule has 6 nitrogen and oxygen atoms in total. The van der Waals surface area contributed by atoms with Crippen molar-refractivity contribution in [3.05, 3.63) is 46.8 Å². The lowest BCUT2D eigenvalue weighted by molar-refractivity contribution is 0.0865. The number of aromatic nitrogens is 2. The van der Waals surface area contributed by atoms with Crippen LogP contribution in [0.3, 0.4) is 0 Å². The number of carbonyl (C=O) groups is 1. The molecule has 0 fully saturated rings. The number of aliphatic hydroxyl groups is 1. The van der Waals surface area contributed by atoms with Crippen LogP contribution in [0, 0.1) is 20.8 Å². The first-order valence-electron chi connectivity index (χ1n) is 8.13. The SMILES string of the molecule is Cc1cc(C)cc(-n2nc(C(=O)NCCCOCCO)cc2C)c1. The number of nitrogens with one attached hydrogen (secondary N) is 1. The molecule has 0 unspecified atom stereocenters. The Labute approximate surface area is 142 Å². The highest BCUT2D eigenvalue weighted by molar-refractivity contribution is 5.92. The zero-order chi connectivity index (χ0) is 17.5. The van der Waals surface area contributed by atoms with Gasteiger partial charge in [-0.25, -0.2) is 4.68 Å². The number of hydrogen-bond donors (Lipinski definition) is 2. The lowest BCUT2D eigenvalue weighted by Gasteiger charge is -2.07. The van der Waals surface area contributed by atoms with Gasteiger partial charge in [0, 0.05) is 18.8 Å². The topological polar surface area (TPSA) is 76.4 Å². The molecule has 1 heterocycles. The lowest BCUT2D eigenvalue weighted by atomic mass is 10.1. The van der Waals surface area contributed by atoms with Gasteiger partial charge in [-0.2, -0.15) is 5.10 Å². The molecule has 0 aliphatic rings. The molecule has 0 radical (unpaired) electrons. The van der Waals surface area contributed by atoms with E-state index in [1.807, 2.05) is 32.9 Å². The molecule has 130 valence electrons. The third-order valence-corrected chi connectivity index (χ3v) is 3.56. The first-order valence-corrected chi connectivity index (χ1v) is 8.13. The second-order valence-electron chi connectivity index (χ2n) is 5.87. The first-order chi connectivity index (χ1) is 11.5. The number of nitrogens with zero attached hydrogens (tertiary/aromatic N) is 2. The van der Waals surface area contributed by atoms with E-state index in [1.165, 1.54) is 0 Å². The van der Waals surface area contributed by atoms with Crippen LogP contribution in [0.4, 0.5) is 0 Å². The molecular weight excluding hydrogens is 306 g/mol. The van der Waals surface area contributed by atoms with E-state index in [4.69, 9.17) is 9.84 Å². The number of aliphatic hydroxyl groups excluding tert-OH is 1. The largest absolute Gasteiger partial charge is 0.394 e. The van der Waals surface area contributed by atoms with Gasteiger partial charge in [0.2, 0.25) is 0 Å². The fourth-order valence-electron chi connectivity index (χ4n) is 2.55. The fourth-order valence-corrected chi connectivity index (χ4v) is 2.55. The molecular formula is C18H25N3O3. The summed E-state index contributed by atoms with van der Waals surface area (Å²) in [6, 6.07) is 7.99. The van der Waals surface area contributed by atoms with Crippen molar-refractivity contribution < 1.29 is 14.6 Å². The Kier molecular flexibility index (Phi) is 6.52. The fraction of sp³-hybridized carbons (Fsp3) is 0.444. The van der Waals surface area contributed by atoms with Crippen LogP contribution in [0.2, 0.25) is 0 Å². The molecule has 0 aliphatic heterocycles. The molecule has 0 bridgehead atoms. The molecule has 6 heteroatoms. The maximum absolute atomic E-state index is 12.2. The Morgan fingerprint density at radius 2 is 1.88 bits per heavy atom. The Morgan fingerprint density at radius 3 is 2.54 bits per heavy atom. The van der Waals surface area contributed by atoms with Gasteiger partial charge in [0.1, 0.15) is 0 Å². The highest BCUT2D eigenvalue weighted by Crippen LogP contribution is 2.16. The molecule has 2 aromatic rings. The molecule has 1 amide bonds. The summed E-state index contributed by atoms with van der Waals surface area (Å²) in [6.45, 7) is 7.39. The summed E-state index contributed by atoms with van der Waals surface area (Å²) in [4.78, 5) is 12.2. The van der Waals surface area contributed by atoms with Gasteiger partial charge in [0.15, 0.2) is 5.69 Å². The van der Waals surface area contributed by atoms with Gasteiger partial charge >= 0.3 is 0 Å². The average Bonchev–Trinajstić information content (AvgIpc) is 2.91. The zero-order valence-electron chi connectivity index (χ0n) is 14.5. The summed E-state index contributed by atoms with van der Waals surface area (Å²) in [7, 11) is 0. The van der Waals surface area contributed by atoms with Crippen LogP contribution in [0.15, 0.2) is 24.3 Å². The predicted octanol–water partition coefficient (Wildman–Crippen LogP) is 1.93. The summed E-state index contributed by atoms with van der Waals surface area (Å²) in [5.74, 6) is -0.191. The number of aryl methyl sites for hydroxylation is 3. The second-order valence-corrected chi connectivity index (χ2v) is 5.87. The van der Waals surface area contributed by atoms with Gasteiger partial charge in [-0.3, -0.25) is 4.79 Å². The molecule has 1 aromatic carbocycles. The van der Waals surface area contributed by atoms with Crippen molar-refractivity contribution >= 4 is 5.91 Å². The van der Waals surface area contributed by atoms with Crippen LogP contribution in [-0.4, -0.2) is 47.2 Å². The van der Waals surface area contributed by atoms with E-state index >= 15 is 0 Å². The van der Waals surface area contributed by atoms with Crippen LogP contribution in [0.5, 0.6) is 0 Å². The van der Waals surface area contributed by atoms with Crippen molar-refractivity contribution in [3.63, 3.8) is 0 Å². The maximum atomic E-state index is 12.2. The molecule has 1 aromatic heterocycles. The smallest absolute Gasteiger partial charge is 0.271 e. The van der Waals surface area contributed by atoms with Crippen LogP contribution in [0.1, 0.15) is 33.7 Å². The van der Waals surface area contributed by atoms with E-state index in [0.717, 1.165) is 22.5 Å². The summed E-state index contributed by atoms with van der Waals surface area (Å²) in [6.07, 6.45) is 0.697. The van der Waals surface area contributed by atoms with Crippen molar-refractivity contribution in [1.82, 2.24) is 15.1 Å². The molecule has 0 saturated heterocycles. The van der Waals surface area contributed by atoms with Gasteiger partial charge in [0.25, 0.3) is 5.91 Å². The highest BCUT2D eigenvalue weighted by atomic mass is 16.5. The predicted molar refractivity (Wildman–Crippen MR) is 92.6 cm³/mol. The minimum Gasteiger partial charge on any atom is -0.394 e. The first kappa shape index (κ1) is 18.2. The van der Waals surface area contributed by atoms with Crippen molar-refractivity contribution in [3.8, 4) is 5.69 Å². The Morgan fingerprint density at radius 1 is 1.17 bits per heavy atom. The van der Waals surface area contributed by atoms with Crippen LogP contribution >= 0.6 is 0 Å². The van der Waals surface area contributed by atoms with E-state index in [-0.39, 0.29) is 12.5 Å². The lowest BCUT2D eigenvalue weighted by Crippen LogP contribution is -2.26. The number of benzene rings is 1. The monoisotopic (exact) mass is 331 g/mol. The van der Waals surface area contributed by atoms with E-state index in [0.29, 0.717) is 31.9 Å². The summed E-state index contributed by atoms with van der Waals surface area (Å²) in [5.41, 5.74) is 4.60. The molecule has 2 N–H and O–H groups in total. The molecule has 0 aliphatic carbocycles.